The molecule has 1 aliphatic rings. The van der Waals surface area contributed by atoms with E-state index in [0.29, 0.717) is 19.8 Å². The van der Waals surface area contributed by atoms with Gasteiger partial charge in [-0.3, -0.25) is 10.1 Å². The summed E-state index contributed by atoms with van der Waals surface area (Å²) in [5.41, 5.74) is 0. The Labute approximate surface area is 97.4 Å². The monoisotopic (exact) mass is 242 g/mol. The Morgan fingerprint density at radius 3 is 3.25 bits per heavy atom. The van der Waals surface area contributed by atoms with E-state index in [1.54, 1.807) is 6.07 Å². The number of nitrogens with zero attached hydrogens (tertiary/aromatic N) is 2. The fourth-order valence-corrected chi connectivity index (χ4v) is 1.46. The van der Waals surface area contributed by atoms with Crippen molar-refractivity contribution >= 4 is 23.5 Å². The number of anilines is 1. The molecule has 2 N–H and O–H groups in total. The first-order valence-electron chi connectivity index (χ1n) is 4.86. The molecule has 1 aliphatic heterocycles. The number of ether oxygens (including phenoxy) is 1. The Balaban J connectivity index is 1.96. The molecule has 0 saturated carbocycles. The molecule has 1 unspecified atom stereocenters. The van der Waals surface area contributed by atoms with Crippen molar-refractivity contribution in [1.82, 2.24) is 15.3 Å². The number of aromatic nitrogens is 2. The van der Waals surface area contributed by atoms with Gasteiger partial charge >= 0.3 is 0 Å². The van der Waals surface area contributed by atoms with E-state index in [2.05, 4.69) is 20.6 Å². The average Bonchev–Trinajstić information content (AvgIpc) is 2.30. The van der Waals surface area contributed by atoms with Crippen LogP contribution < -0.4 is 10.6 Å². The summed E-state index contributed by atoms with van der Waals surface area (Å²) in [6, 6.07) is 1.18. The van der Waals surface area contributed by atoms with Crippen LogP contribution in [0.1, 0.15) is 0 Å². The molecule has 0 aromatic carbocycles. The second-order valence-corrected chi connectivity index (χ2v) is 3.66. The zero-order valence-corrected chi connectivity index (χ0v) is 9.20. The van der Waals surface area contributed by atoms with Crippen LogP contribution in [0, 0.1) is 0 Å². The molecular formula is C9H11ClN4O2. The number of morpholine rings is 1. The van der Waals surface area contributed by atoms with Crippen molar-refractivity contribution in [2.24, 2.45) is 0 Å². The lowest BCUT2D eigenvalue weighted by Gasteiger charge is -2.22. The number of hydrogen-bond acceptors (Lipinski definition) is 5. The fraction of sp³-hybridized carbons (Fsp3) is 0.444. The van der Waals surface area contributed by atoms with Crippen LogP contribution in [0.5, 0.6) is 0 Å². The van der Waals surface area contributed by atoms with E-state index in [1.807, 2.05) is 0 Å². The van der Waals surface area contributed by atoms with Gasteiger partial charge < -0.3 is 10.1 Å². The number of nitrogens with one attached hydrogen (secondary N) is 2. The summed E-state index contributed by atoms with van der Waals surface area (Å²) >= 11 is 5.67. The molecule has 0 bridgehead atoms. The van der Waals surface area contributed by atoms with Gasteiger partial charge in [0.15, 0.2) is 0 Å². The summed E-state index contributed by atoms with van der Waals surface area (Å²) in [6.07, 6.45) is 1.48. The molecule has 2 rings (SSSR count). The molecule has 1 atom stereocenters. The highest BCUT2D eigenvalue weighted by atomic mass is 35.5. The first-order valence-corrected chi connectivity index (χ1v) is 5.24. The molecule has 7 heteroatoms. The maximum Gasteiger partial charge on any atom is 0.246 e. The van der Waals surface area contributed by atoms with Crippen molar-refractivity contribution in [3.05, 3.63) is 17.4 Å². The van der Waals surface area contributed by atoms with Gasteiger partial charge in [-0.2, -0.15) is 0 Å². The third kappa shape index (κ3) is 2.88. The second kappa shape index (κ2) is 5.20. The number of amides is 1. The highest BCUT2D eigenvalue weighted by molar-refractivity contribution is 6.29. The normalized spacial score (nSPS) is 20.4. The standard InChI is InChI=1S/C9H11ClN4O2/c10-7-1-2-12-9(13-7)14-8(15)6-5-16-4-3-11-6/h1-2,6,11H,3-5H2,(H,12,13,14,15). The highest BCUT2D eigenvalue weighted by Crippen LogP contribution is 2.06. The number of rotatable bonds is 2. The van der Waals surface area contributed by atoms with Gasteiger partial charge in [-0.25, -0.2) is 9.97 Å². The molecular weight excluding hydrogens is 232 g/mol. The van der Waals surface area contributed by atoms with Gasteiger partial charge in [0.05, 0.1) is 13.2 Å². The quantitative estimate of drug-likeness (QED) is 0.717. The molecule has 1 aromatic rings. The minimum atomic E-state index is -0.365. The van der Waals surface area contributed by atoms with Gasteiger partial charge in [0.1, 0.15) is 11.2 Å². The Morgan fingerprint density at radius 1 is 1.69 bits per heavy atom. The average molecular weight is 243 g/mol. The molecule has 6 nitrogen and oxygen atoms in total. The Morgan fingerprint density at radius 2 is 2.56 bits per heavy atom. The van der Waals surface area contributed by atoms with E-state index in [9.17, 15) is 4.79 Å². The topological polar surface area (TPSA) is 76.1 Å². The molecule has 0 radical (unpaired) electrons. The Bertz CT molecular complexity index is 382. The number of hydrogen-bond donors (Lipinski definition) is 2. The Hall–Kier alpha value is -1.24. The van der Waals surface area contributed by atoms with Crippen LogP contribution in [0.4, 0.5) is 5.95 Å². The minimum Gasteiger partial charge on any atom is -0.378 e. The fourth-order valence-electron chi connectivity index (χ4n) is 1.33. The van der Waals surface area contributed by atoms with Crippen LogP contribution in [0.3, 0.4) is 0 Å². The maximum atomic E-state index is 11.7. The lowest BCUT2D eigenvalue weighted by molar-refractivity contribution is -0.120. The first kappa shape index (κ1) is 11.3. The van der Waals surface area contributed by atoms with Crippen molar-refractivity contribution in [2.45, 2.75) is 6.04 Å². The van der Waals surface area contributed by atoms with Gasteiger partial charge in [0.2, 0.25) is 11.9 Å². The number of halogens is 1. The second-order valence-electron chi connectivity index (χ2n) is 3.27. The zero-order chi connectivity index (χ0) is 11.4. The van der Waals surface area contributed by atoms with Gasteiger partial charge in [0.25, 0.3) is 0 Å². The largest absolute Gasteiger partial charge is 0.378 e. The van der Waals surface area contributed by atoms with E-state index in [4.69, 9.17) is 16.3 Å². The van der Waals surface area contributed by atoms with E-state index < -0.39 is 0 Å². The van der Waals surface area contributed by atoms with E-state index in [0.717, 1.165) is 0 Å². The SMILES string of the molecule is O=C(Nc1nccc(Cl)n1)C1COCCN1. The molecule has 0 spiro atoms. The zero-order valence-electron chi connectivity index (χ0n) is 8.44. The predicted molar refractivity (Wildman–Crippen MR) is 58.3 cm³/mol. The predicted octanol–water partition coefficient (Wildman–Crippen LogP) is 0.0569. The van der Waals surface area contributed by atoms with E-state index in [-0.39, 0.29) is 23.1 Å². The summed E-state index contributed by atoms with van der Waals surface area (Å²) in [4.78, 5) is 19.4. The van der Waals surface area contributed by atoms with Crippen molar-refractivity contribution in [3.8, 4) is 0 Å². The maximum absolute atomic E-state index is 11.7. The summed E-state index contributed by atoms with van der Waals surface area (Å²) < 4.78 is 5.17. The van der Waals surface area contributed by atoms with Crippen LogP contribution >= 0.6 is 11.6 Å². The van der Waals surface area contributed by atoms with Crippen LogP contribution in [-0.4, -0.2) is 41.7 Å². The number of carbonyl (C=O) groups excluding carboxylic acids is 1. The smallest absolute Gasteiger partial charge is 0.246 e. The molecule has 1 fully saturated rings. The highest BCUT2D eigenvalue weighted by Gasteiger charge is 2.21. The molecule has 2 heterocycles. The third-order valence-electron chi connectivity index (χ3n) is 2.09. The third-order valence-corrected chi connectivity index (χ3v) is 2.31. The molecule has 86 valence electrons. The molecule has 0 aliphatic carbocycles. The van der Waals surface area contributed by atoms with Gasteiger partial charge in [-0.15, -0.1) is 0 Å². The lowest BCUT2D eigenvalue weighted by Crippen LogP contribution is -2.49. The first-order chi connectivity index (χ1) is 7.75. The van der Waals surface area contributed by atoms with Gasteiger partial charge in [0, 0.05) is 12.7 Å². The van der Waals surface area contributed by atoms with E-state index >= 15 is 0 Å². The van der Waals surface area contributed by atoms with Crippen molar-refractivity contribution in [2.75, 3.05) is 25.1 Å². The van der Waals surface area contributed by atoms with Crippen LogP contribution in [0.2, 0.25) is 5.15 Å². The van der Waals surface area contributed by atoms with Crippen LogP contribution in [-0.2, 0) is 9.53 Å². The van der Waals surface area contributed by atoms with Gasteiger partial charge in [-0.1, -0.05) is 11.6 Å². The molecule has 1 aromatic heterocycles. The van der Waals surface area contributed by atoms with E-state index in [1.165, 1.54) is 6.20 Å². The molecule has 1 saturated heterocycles. The van der Waals surface area contributed by atoms with Crippen LogP contribution in [0.15, 0.2) is 12.3 Å². The molecule has 16 heavy (non-hydrogen) atoms. The summed E-state index contributed by atoms with van der Waals surface area (Å²) in [7, 11) is 0. The lowest BCUT2D eigenvalue weighted by atomic mass is 10.2. The van der Waals surface area contributed by atoms with Gasteiger partial charge in [-0.05, 0) is 6.07 Å². The molecule has 1 amide bonds. The van der Waals surface area contributed by atoms with Crippen molar-refractivity contribution in [3.63, 3.8) is 0 Å². The minimum absolute atomic E-state index is 0.199. The Kier molecular flexibility index (Phi) is 3.66. The van der Waals surface area contributed by atoms with Crippen molar-refractivity contribution in [1.29, 1.82) is 0 Å². The van der Waals surface area contributed by atoms with Crippen molar-refractivity contribution < 1.29 is 9.53 Å². The van der Waals surface area contributed by atoms with Crippen LogP contribution in [0.25, 0.3) is 0 Å². The number of carbonyl (C=O) groups is 1. The summed E-state index contributed by atoms with van der Waals surface area (Å²) in [5, 5.41) is 5.88. The summed E-state index contributed by atoms with van der Waals surface area (Å²) in [5.74, 6) is -0.0214. The summed E-state index contributed by atoms with van der Waals surface area (Å²) in [6.45, 7) is 1.64.